The molecular weight excluding hydrogens is 154 g/mol. The molecule has 1 amide bonds. The van der Waals surface area contributed by atoms with Gasteiger partial charge < -0.3 is 16.0 Å². The van der Waals surface area contributed by atoms with Gasteiger partial charge in [0.05, 0.1) is 5.82 Å². The van der Waals surface area contributed by atoms with Crippen LogP contribution in [0.4, 0.5) is 0 Å². The Morgan fingerprint density at radius 1 is 1.25 bits per heavy atom. The fourth-order valence-electron chi connectivity index (χ4n) is 0.728. The fourth-order valence-corrected chi connectivity index (χ4v) is 0.728. The highest BCUT2D eigenvalue weighted by Crippen LogP contribution is 1.73. The first-order chi connectivity index (χ1) is 5.66. The molecule has 0 radical (unpaired) electrons. The second kappa shape index (κ2) is 6.52. The fraction of sp³-hybridized carbons (Fsp3) is 0.625. The predicted octanol–water partition coefficient (Wildman–Crippen LogP) is -0.207. The molecule has 0 aromatic heterocycles. The van der Waals surface area contributed by atoms with Gasteiger partial charge in [-0.15, -0.1) is 0 Å². The van der Waals surface area contributed by atoms with Crippen molar-refractivity contribution in [3.05, 3.63) is 12.4 Å². The Morgan fingerprint density at radius 2 is 1.83 bits per heavy atom. The van der Waals surface area contributed by atoms with Gasteiger partial charge in [-0.05, 0) is 6.92 Å². The highest BCUT2D eigenvalue weighted by Gasteiger charge is 1.90. The van der Waals surface area contributed by atoms with Crippen molar-refractivity contribution in [2.45, 2.75) is 13.8 Å². The molecule has 4 nitrogen and oxygen atoms in total. The summed E-state index contributed by atoms with van der Waals surface area (Å²) in [5.74, 6) is 0.786. The van der Waals surface area contributed by atoms with E-state index in [1.54, 1.807) is 0 Å². The highest BCUT2D eigenvalue weighted by molar-refractivity contribution is 5.72. The molecule has 0 bridgehead atoms. The number of hydrogen-bond donors (Lipinski definition) is 3. The van der Waals surface area contributed by atoms with E-state index >= 15 is 0 Å². The lowest BCUT2D eigenvalue weighted by Gasteiger charge is -2.10. The van der Waals surface area contributed by atoms with E-state index in [-0.39, 0.29) is 5.91 Å². The van der Waals surface area contributed by atoms with E-state index in [1.165, 1.54) is 6.92 Å². The van der Waals surface area contributed by atoms with Gasteiger partial charge in [0.15, 0.2) is 0 Å². The van der Waals surface area contributed by atoms with Gasteiger partial charge in [0.1, 0.15) is 0 Å². The van der Waals surface area contributed by atoms with Gasteiger partial charge >= 0.3 is 0 Å². The summed E-state index contributed by atoms with van der Waals surface area (Å²) in [4.78, 5) is 10.4. The molecule has 70 valence electrons. The lowest BCUT2D eigenvalue weighted by Crippen LogP contribution is -2.33. The number of carbonyl (C=O) groups excluding carboxylic acids is 1. The van der Waals surface area contributed by atoms with Crippen LogP contribution in [0.3, 0.4) is 0 Å². The summed E-state index contributed by atoms with van der Waals surface area (Å²) in [7, 11) is 0. The second-order valence-corrected chi connectivity index (χ2v) is 2.42. The van der Waals surface area contributed by atoms with Gasteiger partial charge in [0.2, 0.25) is 5.91 Å². The summed E-state index contributed by atoms with van der Waals surface area (Å²) in [6.45, 7) is 9.40. The van der Waals surface area contributed by atoms with Crippen molar-refractivity contribution in [3.8, 4) is 0 Å². The van der Waals surface area contributed by atoms with Gasteiger partial charge in [0.25, 0.3) is 0 Å². The van der Waals surface area contributed by atoms with E-state index in [0.717, 1.165) is 12.4 Å². The maximum atomic E-state index is 10.4. The summed E-state index contributed by atoms with van der Waals surface area (Å²) in [6, 6.07) is 0. The average Bonchev–Trinajstić information content (AvgIpc) is 1.98. The Bertz CT molecular complexity index is 156. The van der Waals surface area contributed by atoms with Crippen molar-refractivity contribution in [1.82, 2.24) is 16.0 Å². The minimum atomic E-state index is -0.00846. The zero-order valence-corrected chi connectivity index (χ0v) is 7.74. The molecule has 0 unspecified atom stereocenters. The first-order valence-electron chi connectivity index (χ1n) is 4.08. The summed E-state index contributed by atoms with van der Waals surface area (Å²) >= 11 is 0. The van der Waals surface area contributed by atoms with Crippen molar-refractivity contribution in [2.24, 2.45) is 0 Å². The lowest BCUT2D eigenvalue weighted by atomic mass is 10.5. The highest BCUT2D eigenvalue weighted by atomic mass is 16.1. The minimum absolute atomic E-state index is 0.00846. The molecule has 3 N–H and O–H groups in total. The van der Waals surface area contributed by atoms with Gasteiger partial charge in [-0.25, -0.2) is 0 Å². The van der Waals surface area contributed by atoms with E-state index in [2.05, 4.69) is 22.5 Å². The number of amides is 1. The van der Waals surface area contributed by atoms with Crippen LogP contribution < -0.4 is 16.0 Å². The smallest absolute Gasteiger partial charge is 0.216 e. The Labute approximate surface area is 73.4 Å². The zero-order chi connectivity index (χ0) is 9.40. The van der Waals surface area contributed by atoms with Crippen LogP contribution in [0.5, 0.6) is 0 Å². The van der Waals surface area contributed by atoms with Crippen LogP contribution in [-0.2, 0) is 4.79 Å². The molecule has 0 aliphatic heterocycles. The molecule has 0 fully saturated rings. The van der Waals surface area contributed by atoms with Gasteiger partial charge in [-0.3, -0.25) is 4.79 Å². The third-order valence-electron chi connectivity index (χ3n) is 1.23. The molecule has 0 rings (SSSR count). The van der Waals surface area contributed by atoms with Crippen LogP contribution in [0, 0.1) is 0 Å². The molecule has 0 saturated heterocycles. The predicted molar refractivity (Wildman–Crippen MR) is 49.5 cm³/mol. The summed E-state index contributed by atoms with van der Waals surface area (Å²) in [5, 5.41) is 8.71. The lowest BCUT2D eigenvalue weighted by molar-refractivity contribution is -0.118. The number of hydrogen-bond acceptors (Lipinski definition) is 3. The van der Waals surface area contributed by atoms with Gasteiger partial charge in [0, 0.05) is 26.6 Å². The van der Waals surface area contributed by atoms with Gasteiger partial charge in [-0.1, -0.05) is 6.58 Å². The van der Waals surface area contributed by atoms with Crippen LogP contribution in [0.1, 0.15) is 13.8 Å². The van der Waals surface area contributed by atoms with Crippen molar-refractivity contribution in [3.63, 3.8) is 0 Å². The number of nitrogens with one attached hydrogen (secondary N) is 3. The normalized spacial score (nSPS) is 8.83. The first-order valence-corrected chi connectivity index (χ1v) is 4.08. The largest absolute Gasteiger partial charge is 0.373 e. The average molecular weight is 171 g/mol. The molecule has 0 aliphatic carbocycles. The molecular formula is C8H17N3O. The zero-order valence-electron chi connectivity index (χ0n) is 7.74. The summed E-state index contributed by atoms with van der Waals surface area (Å²) < 4.78 is 0. The maximum absolute atomic E-state index is 10.4. The molecule has 0 spiro atoms. The monoisotopic (exact) mass is 171 g/mol. The first kappa shape index (κ1) is 10.8. The molecule has 0 saturated carbocycles. The Morgan fingerprint density at radius 3 is 2.33 bits per heavy atom. The molecule has 0 atom stereocenters. The van der Waals surface area contributed by atoms with Crippen LogP contribution in [0.25, 0.3) is 0 Å². The van der Waals surface area contributed by atoms with Crippen molar-refractivity contribution >= 4 is 5.91 Å². The minimum Gasteiger partial charge on any atom is -0.373 e. The second-order valence-electron chi connectivity index (χ2n) is 2.42. The number of carbonyl (C=O) groups is 1. The molecule has 0 aromatic carbocycles. The Hall–Kier alpha value is -1.19. The summed E-state index contributed by atoms with van der Waals surface area (Å²) in [5.41, 5.74) is 0. The molecule has 0 aromatic rings. The van der Waals surface area contributed by atoms with E-state index in [0.29, 0.717) is 13.1 Å². The van der Waals surface area contributed by atoms with Crippen molar-refractivity contribution in [1.29, 1.82) is 0 Å². The molecule has 12 heavy (non-hydrogen) atoms. The SMILES string of the molecule is C=C(NCC)NCCNC(C)=O. The Kier molecular flexibility index (Phi) is 5.87. The quantitative estimate of drug-likeness (QED) is 0.485. The van der Waals surface area contributed by atoms with Crippen molar-refractivity contribution < 1.29 is 4.79 Å². The van der Waals surface area contributed by atoms with E-state index in [1.807, 2.05) is 6.92 Å². The topological polar surface area (TPSA) is 53.2 Å². The van der Waals surface area contributed by atoms with E-state index in [9.17, 15) is 4.79 Å². The standard InChI is InChI=1S/C8H17N3O/c1-4-9-7(2)10-5-6-11-8(3)12/h9-10H,2,4-6H2,1,3H3,(H,11,12). The van der Waals surface area contributed by atoms with E-state index < -0.39 is 0 Å². The Balaban J connectivity index is 3.19. The van der Waals surface area contributed by atoms with Gasteiger partial charge in [-0.2, -0.15) is 0 Å². The van der Waals surface area contributed by atoms with E-state index in [4.69, 9.17) is 0 Å². The molecule has 0 heterocycles. The third-order valence-corrected chi connectivity index (χ3v) is 1.23. The maximum Gasteiger partial charge on any atom is 0.216 e. The molecule has 4 heteroatoms. The van der Waals surface area contributed by atoms with Crippen LogP contribution in [-0.4, -0.2) is 25.5 Å². The third kappa shape index (κ3) is 6.92. The molecule has 0 aliphatic rings. The van der Waals surface area contributed by atoms with Crippen LogP contribution >= 0.6 is 0 Å². The van der Waals surface area contributed by atoms with Crippen molar-refractivity contribution in [2.75, 3.05) is 19.6 Å². The number of rotatable bonds is 6. The summed E-state index contributed by atoms with van der Waals surface area (Å²) in [6.07, 6.45) is 0. The van der Waals surface area contributed by atoms with Crippen LogP contribution in [0.15, 0.2) is 12.4 Å². The van der Waals surface area contributed by atoms with Crippen LogP contribution in [0.2, 0.25) is 0 Å².